The summed E-state index contributed by atoms with van der Waals surface area (Å²) >= 11 is 0. The van der Waals surface area contributed by atoms with E-state index in [9.17, 15) is 14.0 Å². The normalized spacial score (nSPS) is 10.9. The summed E-state index contributed by atoms with van der Waals surface area (Å²) in [6.45, 7) is 5.54. The maximum absolute atomic E-state index is 12.7. The zero-order valence-electron chi connectivity index (χ0n) is 11.4. The monoisotopic (exact) mass is 266 g/mol. The van der Waals surface area contributed by atoms with Crippen molar-refractivity contribution in [3.05, 3.63) is 35.6 Å². The summed E-state index contributed by atoms with van der Waals surface area (Å²) in [5.74, 6) is -0.843. The maximum atomic E-state index is 12.7. The number of amides is 2. The number of carbonyl (C=O) groups excluding carboxylic acids is 2. The molecule has 1 aromatic rings. The Morgan fingerprint density at radius 1 is 1.11 bits per heavy atom. The van der Waals surface area contributed by atoms with E-state index in [0.717, 1.165) is 0 Å². The molecule has 0 heterocycles. The van der Waals surface area contributed by atoms with Crippen molar-refractivity contribution in [1.29, 1.82) is 0 Å². The lowest BCUT2D eigenvalue weighted by Gasteiger charge is -2.20. The average molecular weight is 266 g/mol. The second-order valence-corrected chi connectivity index (χ2v) is 5.38. The topological polar surface area (TPSA) is 58.2 Å². The highest BCUT2D eigenvalue weighted by Gasteiger charge is 2.14. The predicted octanol–water partition coefficient (Wildman–Crippen LogP) is 1.40. The summed E-state index contributed by atoms with van der Waals surface area (Å²) in [6, 6.07) is 5.69. The molecule has 2 N–H and O–H groups in total. The third kappa shape index (κ3) is 6.55. The van der Waals surface area contributed by atoms with Crippen LogP contribution in [0.4, 0.5) is 4.39 Å². The summed E-state index contributed by atoms with van der Waals surface area (Å²) in [4.78, 5) is 23.1. The van der Waals surface area contributed by atoms with Gasteiger partial charge in [-0.25, -0.2) is 4.39 Å². The molecule has 0 fully saturated rings. The minimum absolute atomic E-state index is 0.0582. The molecule has 0 aromatic heterocycles. The quantitative estimate of drug-likeness (QED) is 0.865. The average Bonchev–Trinajstić information content (AvgIpc) is 2.27. The Morgan fingerprint density at radius 2 is 1.68 bits per heavy atom. The first-order valence-electron chi connectivity index (χ1n) is 6.08. The van der Waals surface area contributed by atoms with Gasteiger partial charge in [0.15, 0.2) is 0 Å². The second kappa shape index (κ2) is 6.31. The summed E-state index contributed by atoms with van der Waals surface area (Å²) in [5, 5.41) is 5.27. The van der Waals surface area contributed by atoms with Crippen molar-refractivity contribution in [1.82, 2.24) is 10.6 Å². The van der Waals surface area contributed by atoms with Crippen LogP contribution in [0.2, 0.25) is 0 Å². The van der Waals surface area contributed by atoms with Gasteiger partial charge in [-0.3, -0.25) is 9.59 Å². The number of nitrogens with one attached hydrogen (secondary N) is 2. The number of hydrogen-bond donors (Lipinski definition) is 2. The summed E-state index contributed by atoms with van der Waals surface area (Å²) in [6.07, 6.45) is 0.128. The van der Waals surface area contributed by atoms with Gasteiger partial charge < -0.3 is 10.6 Å². The highest BCUT2D eigenvalue weighted by molar-refractivity contribution is 5.85. The zero-order valence-corrected chi connectivity index (χ0v) is 11.4. The Hall–Kier alpha value is -1.91. The largest absolute Gasteiger partial charge is 0.350 e. The molecule has 0 radical (unpaired) electrons. The summed E-state index contributed by atoms with van der Waals surface area (Å²) in [5.41, 5.74) is 0.383. The van der Waals surface area contributed by atoms with Crippen LogP contribution in [0.5, 0.6) is 0 Å². The Kier molecular flexibility index (Phi) is 5.03. The fourth-order valence-corrected chi connectivity index (χ4v) is 1.49. The van der Waals surface area contributed by atoms with E-state index >= 15 is 0 Å². The van der Waals surface area contributed by atoms with Crippen molar-refractivity contribution in [2.75, 3.05) is 6.54 Å². The van der Waals surface area contributed by atoms with Crippen LogP contribution in [0, 0.1) is 5.82 Å². The SMILES string of the molecule is CC(C)(C)NC(=O)CNC(=O)Cc1ccc(F)cc1. The molecule has 19 heavy (non-hydrogen) atoms. The van der Waals surface area contributed by atoms with E-state index in [0.29, 0.717) is 5.56 Å². The van der Waals surface area contributed by atoms with E-state index < -0.39 is 0 Å². The lowest BCUT2D eigenvalue weighted by molar-refractivity contribution is -0.126. The van der Waals surface area contributed by atoms with Crippen LogP contribution in [0.3, 0.4) is 0 Å². The first-order chi connectivity index (χ1) is 8.76. The lowest BCUT2D eigenvalue weighted by atomic mass is 10.1. The van der Waals surface area contributed by atoms with Crippen molar-refractivity contribution in [2.45, 2.75) is 32.7 Å². The van der Waals surface area contributed by atoms with Gasteiger partial charge in [-0.1, -0.05) is 12.1 Å². The van der Waals surface area contributed by atoms with E-state index in [1.165, 1.54) is 12.1 Å². The molecule has 5 heteroatoms. The van der Waals surface area contributed by atoms with Crippen molar-refractivity contribution >= 4 is 11.8 Å². The minimum atomic E-state index is -0.339. The minimum Gasteiger partial charge on any atom is -0.350 e. The molecule has 1 rings (SSSR count). The van der Waals surface area contributed by atoms with Crippen LogP contribution in [0.1, 0.15) is 26.3 Å². The highest BCUT2D eigenvalue weighted by Crippen LogP contribution is 2.03. The van der Waals surface area contributed by atoms with Gasteiger partial charge in [0.2, 0.25) is 11.8 Å². The molecule has 0 unspecified atom stereocenters. The maximum Gasteiger partial charge on any atom is 0.239 e. The third-order valence-electron chi connectivity index (χ3n) is 2.24. The van der Waals surface area contributed by atoms with Crippen molar-refractivity contribution in [2.24, 2.45) is 0 Å². The summed E-state index contributed by atoms with van der Waals surface area (Å²) in [7, 11) is 0. The smallest absolute Gasteiger partial charge is 0.239 e. The molecule has 1 aromatic carbocycles. The zero-order chi connectivity index (χ0) is 14.5. The summed E-state index contributed by atoms with van der Waals surface area (Å²) < 4.78 is 12.7. The molecule has 0 aliphatic heterocycles. The van der Waals surface area contributed by atoms with Gasteiger partial charge >= 0.3 is 0 Å². The van der Waals surface area contributed by atoms with E-state index in [4.69, 9.17) is 0 Å². The Bertz CT molecular complexity index is 450. The van der Waals surface area contributed by atoms with Crippen molar-refractivity contribution in [3.63, 3.8) is 0 Å². The molecule has 0 aliphatic rings. The number of rotatable bonds is 4. The van der Waals surface area contributed by atoms with Crippen LogP contribution in [0.15, 0.2) is 24.3 Å². The van der Waals surface area contributed by atoms with Crippen molar-refractivity contribution in [3.8, 4) is 0 Å². The van der Waals surface area contributed by atoms with Crippen LogP contribution in [0.25, 0.3) is 0 Å². The number of carbonyl (C=O) groups is 2. The van der Waals surface area contributed by atoms with Gasteiger partial charge in [-0.05, 0) is 38.5 Å². The first kappa shape index (κ1) is 15.1. The van der Waals surface area contributed by atoms with Crippen molar-refractivity contribution < 1.29 is 14.0 Å². The predicted molar refractivity (Wildman–Crippen MR) is 71.0 cm³/mol. The van der Waals surface area contributed by atoms with Gasteiger partial charge in [0.1, 0.15) is 5.82 Å². The molecule has 0 aliphatic carbocycles. The van der Waals surface area contributed by atoms with Gasteiger partial charge in [0.05, 0.1) is 13.0 Å². The lowest BCUT2D eigenvalue weighted by Crippen LogP contribution is -2.46. The first-order valence-corrected chi connectivity index (χ1v) is 6.08. The standard InChI is InChI=1S/C14H19FN2O2/c1-14(2,3)17-13(19)9-16-12(18)8-10-4-6-11(15)7-5-10/h4-7H,8-9H2,1-3H3,(H,16,18)(H,17,19). The number of hydrogen-bond acceptors (Lipinski definition) is 2. The molecular weight excluding hydrogens is 247 g/mol. The molecule has 0 atom stereocenters. The highest BCUT2D eigenvalue weighted by atomic mass is 19.1. The molecule has 2 amide bonds. The Morgan fingerprint density at radius 3 is 2.21 bits per heavy atom. The van der Waals surface area contributed by atoms with Crippen LogP contribution in [-0.4, -0.2) is 23.9 Å². The van der Waals surface area contributed by atoms with E-state index in [2.05, 4.69) is 10.6 Å². The van der Waals surface area contributed by atoms with E-state index in [1.54, 1.807) is 12.1 Å². The van der Waals surface area contributed by atoms with Crippen LogP contribution in [-0.2, 0) is 16.0 Å². The van der Waals surface area contributed by atoms with Gasteiger partial charge in [0.25, 0.3) is 0 Å². The number of halogens is 1. The van der Waals surface area contributed by atoms with Crippen LogP contribution >= 0.6 is 0 Å². The molecule has 0 saturated carbocycles. The Balaban J connectivity index is 2.36. The molecule has 4 nitrogen and oxygen atoms in total. The van der Waals surface area contributed by atoms with Gasteiger partial charge in [0, 0.05) is 5.54 Å². The fraction of sp³-hybridized carbons (Fsp3) is 0.429. The van der Waals surface area contributed by atoms with E-state index in [1.807, 2.05) is 20.8 Å². The van der Waals surface area contributed by atoms with Gasteiger partial charge in [-0.2, -0.15) is 0 Å². The fourth-order valence-electron chi connectivity index (χ4n) is 1.49. The second-order valence-electron chi connectivity index (χ2n) is 5.38. The number of benzene rings is 1. The molecule has 0 spiro atoms. The molecular formula is C14H19FN2O2. The van der Waals surface area contributed by atoms with Gasteiger partial charge in [-0.15, -0.1) is 0 Å². The van der Waals surface area contributed by atoms with Crippen LogP contribution < -0.4 is 10.6 Å². The third-order valence-corrected chi connectivity index (χ3v) is 2.24. The van der Waals surface area contributed by atoms with E-state index in [-0.39, 0.29) is 36.1 Å². The molecule has 0 bridgehead atoms. The molecule has 104 valence electrons. The molecule has 0 saturated heterocycles. The Labute approximate surface area is 112 Å².